The zero-order chi connectivity index (χ0) is 15.2. The third kappa shape index (κ3) is 4.22. The molecule has 1 aliphatic rings. The fraction of sp³-hybridized carbons (Fsp3) is 0.533. The molecule has 116 valence electrons. The number of carbonyl (C=O) groups excluding carboxylic acids is 1. The highest BCUT2D eigenvalue weighted by Gasteiger charge is 2.24. The Hall–Kier alpha value is -1.53. The van der Waals surface area contributed by atoms with Crippen molar-refractivity contribution in [2.75, 3.05) is 37.7 Å². The molecule has 1 heterocycles. The number of anilines is 1. The van der Waals surface area contributed by atoms with Crippen molar-refractivity contribution >= 4 is 11.6 Å². The standard InChI is InChI=1S/C15H20F2N2O2/c16-14(17)10-18(8-9-20)11-15(21)19-7-3-5-12-4-1-2-6-13(12)19/h1-2,4,6,14,20H,3,5,7-11H2. The molecule has 2 rings (SSSR count). The summed E-state index contributed by atoms with van der Waals surface area (Å²) >= 11 is 0. The van der Waals surface area contributed by atoms with Gasteiger partial charge in [0.05, 0.1) is 19.7 Å². The summed E-state index contributed by atoms with van der Waals surface area (Å²) in [4.78, 5) is 15.3. The zero-order valence-corrected chi connectivity index (χ0v) is 11.8. The lowest BCUT2D eigenvalue weighted by Crippen LogP contribution is -2.44. The summed E-state index contributed by atoms with van der Waals surface area (Å²) in [6, 6.07) is 7.67. The van der Waals surface area contributed by atoms with E-state index in [4.69, 9.17) is 5.11 Å². The van der Waals surface area contributed by atoms with Gasteiger partial charge >= 0.3 is 0 Å². The molecule has 0 saturated heterocycles. The average molecular weight is 298 g/mol. The van der Waals surface area contributed by atoms with Crippen molar-refractivity contribution in [2.24, 2.45) is 0 Å². The van der Waals surface area contributed by atoms with Crippen molar-refractivity contribution in [1.29, 1.82) is 0 Å². The lowest BCUT2D eigenvalue weighted by molar-refractivity contribution is -0.120. The van der Waals surface area contributed by atoms with E-state index in [9.17, 15) is 13.6 Å². The maximum atomic E-state index is 12.5. The molecule has 1 aromatic carbocycles. The van der Waals surface area contributed by atoms with Crippen molar-refractivity contribution < 1.29 is 18.7 Å². The minimum atomic E-state index is -2.52. The van der Waals surface area contributed by atoms with Gasteiger partial charge in [-0.3, -0.25) is 9.69 Å². The first-order chi connectivity index (χ1) is 10.1. The molecule has 1 amide bonds. The summed E-state index contributed by atoms with van der Waals surface area (Å²) < 4.78 is 25.0. The Morgan fingerprint density at radius 2 is 2.14 bits per heavy atom. The molecule has 0 spiro atoms. The van der Waals surface area contributed by atoms with Crippen LogP contribution in [0.4, 0.5) is 14.5 Å². The molecule has 0 bridgehead atoms. The molecular formula is C15H20F2N2O2. The molecule has 0 aromatic heterocycles. The number of carbonyl (C=O) groups is 1. The van der Waals surface area contributed by atoms with Crippen LogP contribution in [0.1, 0.15) is 12.0 Å². The molecule has 21 heavy (non-hydrogen) atoms. The quantitative estimate of drug-likeness (QED) is 0.866. The van der Waals surface area contributed by atoms with Gasteiger partial charge < -0.3 is 10.0 Å². The number of hydrogen-bond acceptors (Lipinski definition) is 3. The van der Waals surface area contributed by atoms with Gasteiger partial charge in [0.15, 0.2) is 0 Å². The number of nitrogens with zero attached hydrogens (tertiary/aromatic N) is 2. The average Bonchev–Trinajstić information content (AvgIpc) is 2.46. The fourth-order valence-electron chi connectivity index (χ4n) is 2.64. The number of hydrogen-bond donors (Lipinski definition) is 1. The van der Waals surface area contributed by atoms with Crippen LogP contribution in [0.5, 0.6) is 0 Å². The third-order valence-corrected chi connectivity index (χ3v) is 3.58. The second-order valence-corrected chi connectivity index (χ2v) is 5.13. The lowest BCUT2D eigenvalue weighted by atomic mass is 10.0. The largest absolute Gasteiger partial charge is 0.395 e. The van der Waals surface area contributed by atoms with Crippen molar-refractivity contribution in [3.05, 3.63) is 29.8 Å². The minimum absolute atomic E-state index is 0.0750. The number of aliphatic hydroxyl groups is 1. The molecule has 0 saturated carbocycles. The van der Waals surface area contributed by atoms with Gasteiger partial charge in [0.25, 0.3) is 6.43 Å². The Morgan fingerprint density at radius 3 is 2.86 bits per heavy atom. The third-order valence-electron chi connectivity index (χ3n) is 3.58. The second-order valence-electron chi connectivity index (χ2n) is 5.13. The predicted octanol–water partition coefficient (Wildman–Crippen LogP) is 1.53. The van der Waals surface area contributed by atoms with Crippen LogP contribution in [-0.2, 0) is 11.2 Å². The minimum Gasteiger partial charge on any atom is -0.395 e. The highest BCUT2D eigenvalue weighted by atomic mass is 19.3. The van der Waals surface area contributed by atoms with Crippen LogP contribution in [0.25, 0.3) is 0 Å². The highest BCUT2D eigenvalue weighted by Crippen LogP contribution is 2.26. The van der Waals surface area contributed by atoms with Crippen molar-refractivity contribution in [2.45, 2.75) is 19.3 Å². The van der Waals surface area contributed by atoms with E-state index < -0.39 is 13.0 Å². The lowest BCUT2D eigenvalue weighted by Gasteiger charge is -2.31. The number of halogens is 2. The molecule has 1 aliphatic heterocycles. The molecule has 1 N–H and O–H groups in total. The summed E-state index contributed by atoms with van der Waals surface area (Å²) in [5.74, 6) is -0.198. The summed E-state index contributed by atoms with van der Waals surface area (Å²) in [7, 11) is 0. The van der Waals surface area contributed by atoms with Crippen LogP contribution in [0, 0.1) is 0 Å². The van der Waals surface area contributed by atoms with E-state index in [1.165, 1.54) is 4.90 Å². The molecule has 0 radical (unpaired) electrons. The number of aryl methyl sites for hydroxylation is 1. The van der Waals surface area contributed by atoms with E-state index in [0.29, 0.717) is 6.54 Å². The van der Waals surface area contributed by atoms with E-state index in [-0.39, 0.29) is 25.6 Å². The summed E-state index contributed by atoms with van der Waals surface area (Å²) in [6.07, 6.45) is -0.715. The normalized spacial score (nSPS) is 14.6. The number of para-hydroxylation sites is 1. The van der Waals surface area contributed by atoms with Crippen LogP contribution in [0.15, 0.2) is 24.3 Å². The van der Waals surface area contributed by atoms with Crippen LogP contribution >= 0.6 is 0 Å². The van der Waals surface area contributed by atoms with E-state index in [1.54, 1.807) is 4.90 Å². The first kappa shape index (κ1) is 15.9. The summed E-state index contributed by atoms with van der Waals surface area (Å²) in [5, 5.41) is 8.92. The number of rotatable bonds is 6. The van der Waals surface area contributed by atoms with Crippen LogP contribution in [0.2, 0.25) is 0 Å². The molecule has 0 aliphatic carbocycles. The molecule has 0 atom stereocenters. The highest BCUT2D eigenvalue weighted by molar-refractivity contribution is 5.95. The van der Waals surface area contributed by atoms with E-state index >= 15 is 0 Å². The molecule has 1 aromatic rings. The van der Waals surface area contributed by atoms with Crippen LogP contribution in [0.3, 0.4) is 0 Å². The fourth-order valence-corrected chi connectivity index (χ4v) is 2.64. The number of fused-ring (bicyclic) bond motifs is 1. The number of benzene rings is 1. The van der Waals surface area contributed by atoms with Crippen LogP contribution in [-0.4, -0.2) is 55.1 Å². The first-order valence-electron chi connectivity index (χ1n) is 7.11. The van der Waals surface area contributed by atoms with Gasteiger partial charge in [0.2, 0.25) is 5.91 Å². The summed E-state index contributed by atoms with van der Waals surface area (Å²) in [6.45, 7) is -0.152. The smallest absolute Gasteiger partial charge is 0.251 e. The van der Waals surface area contributed by atoms with Gasteiger partial charge in [-0.15, -0.1) is 0 Å². The van der Waals surface area contributed by atoms with Crippen molar-refractivity contribution in [3.8, 4) is 0 Å². The van der Waals surface area contributed by atoms with E-state index in [0.717, 1.165) is 24.1 Å². The number of amides is 1. The van der Waals surface area contributed by atoms with Crippen LogP contribution < -0.4 is 4.90 Å². The Kier molecular flexibility index (Phi) is 5.64. The predicted molar refractivity (Wildman–Crippen MR) is 76.6 cm³/mol. The molecule has 0 unspecified atom stereocenters. The maximum absolute atomic E-state index is 12.5. The van der Waals surface area contributed by atoms with E-state index in [2.05, 4.69) is 0 Å². The molecule has 0 fully saturated rings. The Balaban J connectivity index is 2.06. The summed E-state index contributed by atoms with van der Waals surface area (Å²) in [5.41, 5.74) is 1.98. The maximum Gasteiger partial charge on any atom is 0.251 e. The van der Waals surface area contributed by atoms with Gasteiger partial charge in [-0.05, 0) is 24.5 Å². The zero-order valence-electron chi connectivity index (χ0n) is 11.8. The van der Waals surface area contributed by atoms with E-state index in [1.807, 2.05) is 24.3 Å². The van der Waals surface area contributed by atoms with Crippen molar-refractivity contribution in [1.82, 2.24) is 4.90 Å². The monoisotopic (exact) mass is 298 g/mol. The Bertz CT molecular complexity index is 482. The van der Waals surface area contributed by atoms with Gasteiger partial charge in [0, 0.05) is 18.8 Å². The first-order valence-corrected chi connectivity index (χ1v) is 7.11. The Labute approximate surface area is 123 Å². The van der Waals surface area contributed by atoms with Gasteiger partial charge in [0.1, 0.15) is 0 Å². The number of alkyl halides is 2. The number of aliphatic hydroxyl groups excluding tert-OH is 1. The van der Waals surface area contributed by atoms with Gasteiger partial charge in [-0.25, -0.2) is 8.78 Å². The van der Waals surface area contributed by atoms with Gasteiger partial charge in [-0.2, -0.15) is 0 Å². The second kappa shape index (κ2) is 7.47. The molecule has 4 nitrogen and oxygen atoms in total. The SMILES string of the molecule is O=C(CN(CCO)CC(F)F)N1CCCc2ccccc21. The molecular weight excluding hydrogens is 278 g/mol. The van der Waals surface area contributed by atoms with Crippen molar-refractivity contribution in [3.63, 3.8) is 0 Å². The molecule has 6 heteroatoms. The topological polar surface area (TPSA) is 43.8 Å². The Morgan fingerprint density at radius 1 is 1.38 bits per heavy atom. The van der Waals surface area contributed by atoms with Gasteiger partial charge in [-0.1, -0.05) is 18.2 Å².